The van der Waals surface area contributed by atoms with Crippen molar-refractivity contribution in [2.45, 2.75) is 110 Å². The maximum absolute atomic E-state index is 6.54. The lowest BCUT2D eigenvalue weighted by Crippen LogP contribution is -2.43. The minimum Gasteiger partial charge on any atom is -0.334 e. The normalized spacial score (nSPS) is 11.8. The summed E-state index contributed by atoms with van der Waals surface area (Å²) in [4.78, 5) is 0. The molecule has 3 heteroatoms. The Morgan fingerprint density at radius 1 is 0.607 bits per heavy atom. The first kappa shape index (κ1) is 25.1. The second kappa shape index (κ2) is 17.0. The Labute approximate surface area is 174 Å². The van der Waals surface area contributed by atoms with Crippen LogP contribution < -0.4 is 5.73 Å². The molecule has 3 nitrogen and oxygen atoms in total. The second-order valence-corrected chi connectivity index (χ2v) is 7.97. The monoisotopic (exact) mass is 391 g/mol. The van der Waals surface area contributed by atoms with Gasteiger partial charge in [-0.3, -0.25) is 5.73 Å². The average molecular weight is 392 g/mol. The lowest BCUT2D eigenvalue weighted by atomic mass is 10.1. The second-order valence-electron chi connectivity index (χ2n) is 7.97. The maximum atomic E-state index is 6.54. The highest BCUT2D eigenvalue weighted by Gasteiger charge is 2.29. The van der Waals surface area contributed by atoms with Crippen molar-refractivity contribution in [2.24, 2.45) is 5.73 Å². The van der Waals surface area contributed by atoms with Crippen LogP contribution in [0.4, 0.5) is 0 Å². The van der Waals surface area contributed by atoms with Gasteiger partial charge in [-0.2, -0.15) is 0 Å². The molecule has 0 aliphatic rings. The summed E-state index contributed by atoms with van der Waals surface area (Å²) < 4.78 is 12.1. The summed E-state index contributed by atoms with van der Waals surface area (Å²) in [7, 11) is 0. The van der Waals surface area contributed by atoms with Gasteiger partial charge in [-0.15, -0.1) is 0 Å². The van der Waals surface area contributed by atoms with Crippen LogP contribution in [0.1, 0.15) is 109 Å². The van der Waals surface area contributed by atoms with Gasteiger partial charge < -0.3 is 9.47 Å². The number of hydrogen-bond donors (Lipinski definition) is 1. The Bertz CT molecular complexity index is 429. The largest absolute Gasteiger partial charge is 0.334 e. The van der Waals surface area contributed by atoms with Crippen molar-refractivity contribution in [1.29, 1.82) is 0 Å². The van der Waals surface area contributed by atoms with E-state index in [4.69, 9.17) is 15.2 Å². The SMILES string of the molecule is CCCCCCCCCOC(N)(OCCCCCCCCC)c1ccccc1. The zero-order chi connectivity index (χ0) is 20.3. The molecular weight excluding hydrogens is 346 g/mol. The van der Waals surface area contributed by atoms with Crippen LogP contribution >= 0.6 is 0 Å². The van der Waals surface area contributed by atoms with Crippen molar-refractivity contribution >= 4 is 0 Å². The van der Waals surface area contributed by atoms with Gasteiger partial charge in [0.15, 0.2) is 0 Å². The van der Waals surface area contributed by atoms with Crippen LogP contribution in [0.25, 0.3) is 0 Å². The Morgan fingerprint density at radius 2 is 1.00 bits per heavy atom. The molecule has 0 fully saturated rings. The molecule has 0 unspecified atom stereocenters. The van der Waals surface area contributed by atoms with E-state index in [1.165, 1.54) is 77.0 Å². The summed E-state index contributed by atoms with van der Waals surface area (Å²) in [6.45, 7) is 5.81. The van der Waals surface area contributed by atoms with E-state index in [0.29, 0.717) is 13.2 Å². The maximum Gasteiger partial charge on any atom is 0.253 e. The summed E-state index contributed by atoms with van der Waals surface area (Å²) in [6.07, 6.45) is 17.7. The first-order chi connectivity index (χ1) is 13.7. The van der Waals surface area contributed by atoms with Crippen LogP contribution in [0.5, 0.6) is 0 Å². The molecule has 28 heavy (non-hydrogen) atoms. The number of ether oxygens (including phenoxy) is 2. The van der Waals surface area contributed by atoms with Crippen LogP contribution in [0.15, 0.2) is 30.3 Å². The third kappa shape index (κ3) is 11.8. The smallest absolute Gasteiger partial charge is 0.253 e. The topological polar surface area (TPSA) is 44.5 Å². The predicted octanol–water partition coefficient (Wildman–Crippen LogP) is 7.29. The molecule has 0 aromatic heterocycles. The minimum atomic E-state index is -1.12. The van der Waals surface area contributed by atoms with Crippen LogP contribution in [0.2, 0.25) is 0 Å². The van der Waals surface area contributed by atoms with Crippen LogP contribution in [0, 0.1) is 0 Å². The quantitative estimate of drug-likeness (QED) is 0.199. The molecule has 0 saturated heterocycles. The number of nitrogens with two attached hydrogens (primary N) is 1. The zero-order valence-electron chi connectivity index (χ0n) is 18.6. The molecule has 0 bridgehead atoms. The van der Waals surface area contributed by atoms with E-state index in [0.717, 1.165) is 18.4 Å². The van der Waals surface area contributed by atoms with Crippen molar-refractivity contribution in [2.75, 3.05) is 13.2 Å². The zero-order valence-corrected chi connectivity index (χ0v) is 18.6. The van der Waals surface area contributed by atoms with Gasteiger partial charge in [0.05, 0.1) is 13.2 Å². The van der Waals surface area contributed by atoms with Crippen molar-refractivity contribution in [3.8, 4) is 0 Å². The van der Waals surface area contributed by atoms with Gasteiger partial charge in [-0.1, -0.05) is 121 Å². The van der Waals surface area contributed by atoms with E-state index in [2.05, 4.69) is 13.8 Å². The van der Waals surface area contributed by atoms with E-state index >= 15 is 0 Å². The molecule has 0 aliphatic heterocycles. The highest BCUT2D eigenvalue weighted by atomic mass is 16.7. The summed E-state index contributed by atoms with van der Waals surface area (Å²) in [6, 6.07) is 9.97. The number of unbranched alkanes of at least 4 members (excludes halogenated alkanes) is 12. The van der Waals surface area contributed by atoms with E-state index in [9.17, 15) is 0 Å². The molecule has 1 aromatic carbocycles. The van der Waals surface area contributed by atoms with Gasteiger partial charge in [0.1, 0.15) is 0 Å². The lowest BCUT2D eigenvalue weighted by Gasteiger charge is -2.30. The van der Waals surface area contributed by atoms with E-state index in [-0.39, 0.29) is 0 Å². The molecule has 0 radical (unpaired) electrons. The first-order valence-corrected chi connectivity index (χ1v) is 11.8. The van der Waals surface area contributed by atoms with E-state index < -0.39 is 5.91 Å². The van der Waals surface area contributed by atoms with Crippen LogP contribution in [-0.4, -0.2) is 13.2 Å². The Morgan fingerprint density at radius 3 is 1.43 bits per heavy atom. The molecule has 0 spiro atoms. The van der Waals surface area contributed by atoms with Gasteiger partial charge in [0.25, 0.3) is 5.91 Å². The third-order valence-electron chi connectivity index (χ3n) is 5.30. The number of hydrogen-bond acceptors (Lipinski definition) is 3. The molecular formula is C25H45NO2. The molecule has 1 rings (SSSR count). The fourth-order valence-electron chi connectivity index (χ4n) is 3.44. The number of benzene rings is 1. The summed E-state index contributed by atoms with van der Waals surface area (Å²) >= 11 is 0. The van der Waals surface area contributed by atoms with Crippen LogP contribution in [0.3, 0.4) is 0 Å². The number of rotatable bonds is 19. The van der Waals surface area contributed by atoms with Gasteiger partial charge >= 0.3 is 0 Å². The molecule has 0 atom stereocenters. The van der Waals surface area contributed by atoms with Crippen molar-refractivity contribution in [1.82, 2.24) is 0 Å². The molecule has 162 valence electrons. The first-order valence-electron chi connectivity index (χ1n) is 11.8. The van der Waals surface area contributed by atoms with Crippen LogP contribution in [-0.2, 0) is 15.4 Å². The summed E-state index contributed by atoms with van der Waals surface area (Å²) in [5, 5.41) is 0. The Kier molecular flexibility index (Phi) is 15.3. The fraction of sp³-hybridized carbons (Fsp3) is 0.760. The highest BCUT2D eigenvalue weighted by Crippen LogP contribution is 2.23. The molecule has 0 saturated carbocycles. The van der Waals surface area contributed by atoms with Crippen molar-refractivity contribution in [3.05, 3.63) is 35.9 Å². The predicted molar refractivity (Wildman–Crippen MR) is 120 cm³/mol. The fourth-order valence-corrected chi connectivity index (χ4v) is 3.44. The minimum absolute atomic E-state index is 0.649. The molecule has 0 heterocycles. The van der Waals surface area contributed by atoms with E-state index in [1.54, 1.807) is 0 Å². The summed E-state index contributed by atoms with van der Waals surface area (Å²) in [5.74, 6) is -1.12. The van der Waals surface area contributed by atoms with Crippen molar-refractivity contribution < 1.29 is 9.47 Å². The van der Waals surface area contributed by atoms with Gasteiger partial charge in [-0.25, -0.2) is 0 Å². The molecule has 0 aliphatic carbocycles. The van der Waals surface area contributed by atoms with E-state index in [1.807, 2.05) is 30.3 Å². The lowest BCUT2D eigenvalue weighted by molar-refractivity contribution is -0.244. The Balaban J connectivity index is 2.30. The molecule has 2 N–H and O–H groups in total. The highest BCUT2D eigenvalue weighted by molar-refractivity contribution is 5.19. The van der Waals surface area contributed by atoms with Crippen molar-refractivity contribution in [3.63, 3.8) is 0 Å². The average Bonchev–Trinajstić information content (AvgIpc) is 2.72. The van der Waals surface area contributed by atoms with Gasteiger partial charge in [0.2, 0.25) is 0 Å². The molecule has 1 aromatic rings. The third-order valence-corrected chi connectivity index (χ3v) is 5.30. The Hall–Kier alpha value is -0.900. The standard InChI is InChI=1S/C25H45NO2/c1-3-5-7-9-11-13-18-22-27-25(26,24-20-16-15-17-21-24)28-23-19-14-12-10-8-6-4-2/h15-17,20-21H,3-14,18-19,22-23,26H2,1-2H3. The van der Waals surface area contributed by atoms with Gasteiger partial charge in [0, 0.05) is 5.56 Å². The summed E-state index contributed by atoms with van der Waals surface area (Å²) in [5.41, 5.74) is 7.44. The molecule has 0 amide bonds. The van der Waals surface area contributed by atoms with Gasteiger partial charge in [-0.05, 0) is 12.8 Å².